The van der Waals surface area contributed by atoms with Crippen molar-refractivity contribution >= 4 is 28.9 Å². The van der Waals surface area contributed by atoms with Gasteiger partial charge in [-0.3, -0.25) is 4.79 Å². The first-order valence-corrected chi connectivity index (χ1v) is 9.48. The highest BCUT2D eigenvalue weighted by Crippen LogP contribution is 2.27. The number of hydrogen-bond acceptors (Lipinski definition) is 7. The summed E-state index contributed by atoms with van der Waals surface area (Å²) in [5.41, 5.74) is 1.19. The van der Waals surface area contributed by atoms with E-state index in [1.807, 2.05) is 17.5 Å². The number of benzene rings is 1. The van der Waals surface area contributed by atoms with Crippen LogP contribution < -0.4 is 4.90 Å². The van der Waals surface area contributed by atoms with E-state index in [1.54, 1.807) is 36.1 Å². The molecule has 8 heteroatoms. The molecule has 4 rings (SSSR count). The number of hydrogen-bond donors (Lipinski definition) is 0. The minimum absolute atomic E-state index is 0.108. The van der Waals surface area contributed by atoms with Crippen molar-refractivity contribution in [1.82, 2.24) is 10.2 Å². The van der Waals surface area contributed by atoms with Crippen molar-refractivity contribution in [1.29, 1.82) is 0 Å². The molecule has 0 radical (unpaired) electrons. The van der Waals surface area contributed by atoms with Gasteiger partial charge in [0.25, 0.3) is 11.8 Å². The summed E-state index contributed by atoms with van der Waals surface area (Å²) in [6.45, 7) is 2.39. The van der Waals surface area contributed by atoms with E-state index in [1.165, 1.54) is 11.3 Å². The van der Waals surface area contributed by atoms with Crippen LogP contribution in [0.3, 0.4) is 0 Å². The highest BCUT2D eigenvalue weighted by molar-refractivity contribution is 7.13. The standard InChI is InChI=1S/C19H17N3O4S/c1-12(17-20-21-18(26-17)15-4-3-11-27-15)25-19(24)13-6-8-14(9-7-13)22-10-2-5-16(22)23/h3-4,6-9,11-12H,2,5,10H2,1H3/t12-/m0/s1. The van der Waals surface area contributed by atoms with Crippen LogP contribution in [-0.4, -0.2) is 28.6 Å². The molecule has 1 atom stereocenters. The average molecular weight is 383 g/mol. The second-order valence-electron chi connectivity index (χ2n) is 6.17. The summed E-state index contributed by atoms with van der Waals surface area (Å²) in [6, 6.07) is 10.6. The molecular formula is C19H17N3O4S. The second kappa shape index (κ2) is 7.32. The Balaban J connectivity index is 1.42. The molecule has 27 heavy (non-hydrogen) atoms. The zero-order chi connectivity index (χ0) is 18.8. The molecule has 0 spiro atoms. The Kier molecular flexibility index (Phi) is 4.72. The van der Waals surface area contributed by atoms with Gasteiger partial charge < -0.3 is 14.1 Å². The number of carbonyl (C=O) groups is 2. The van der Waals surface area contributed by atoms with Gasteiger partial charge in [-0.05, 0) is 49.1 Å². The van der Waals surface area contributed by atoms with Crippen LogP contribution in [0, 0.1) is 0 Å². The number of carbonyl (C=O) groups excluding carboxylic acids is 2. The molecule has 0 unspecified atom stereocenters. The third-order valence-corrected chi connectivity index (χ3v) is 5.15. The van der Waals surface area contributed by atoms with Crippen molar-refractivity contribution in [2.75, 3.05) is 11.4 Å². The van der Waals surface area contributed by atoms with Crippen molar-refractivity contribution < 1.29 is 18.7 Å². The number of ether oxygens (including phenoxy) is 1. The first kappa shape index (κ1) is 17.4. The van der Waals surface area contributed by atoms with Crippen LogP contribution in [0.15, 0.2) is 46.2 Å². The smallest absolute Gasteiger partial charge is 0.338 e. The number of anilines is 1. The maximum absolute atomic E-state index is 12.4. The van der Waals surface area contributed by atoms with Crippen LogP contribution >= 0.6 is 11.3 Å². The Morgan fingerprint density at radius 2 is 2.07 bits per heavy atom. The monoisotopic (exact) mass is 383 g/mol. The average Bonchev–Trinajstić information content (AvgIpc) is 3.42. The largest absolute Gasteiger partial charge is 0.449 e. The summed E-state index contributed by atoms with van der Waals surface area (Å²) in [6.07, 6.45) is 0.759. The highest BCUT2D eigenvalue weighted by Gasteiger charge is 2.23. The van der Waals surface area contributed by atoms with Gasteiger partial charge in [-0.25, -0.2) is 4.79 Å². The third kappa shape index (κ3) is 3.61. The molecule has 0 saturated carbocycles. The molecule has 1 aliphatic heterocycles. The van der Waals surface area contributed by atoms with Crippen LogP contribution in [0.1, 0.15) is 42.1 Å². The molecule has 1 saturated heterocycles. The lowest BCUT2D eigenvalue weighted by Crippen LogP contribution is -2.23. The number of amides is 1. The van der Waals surface area contributed by atoms with Crippen LogP contribution in [0.4, 0.5) is 5.69 Å². The SMILES string of the molecule is C[C@H](OC(=O)c1ccc(N2CCCC2=O)cc1)c1nnc(-c2cccs2)o1. The zero-order valence-electron chi connectivity index (χ0n) is 14.6. The Morgan fingerprint density at radius 1 is 1.26 bits per heavy atom. The highest BCUT2D eigenvalue weighted by atomic mass is 32.1. The van der Waals surface area contributed by atoms with Crippen LogP contribution in [0.2, 0.25) is 0 Å². The summed E-state index contributed by atoms with van der Waals surface area (Å²) < 4.78 is 11.0. The maximum atomic E-state index is 12.4. The molecule has 0 bridgehead atoms. The normalized spacial score (nSPS) is 15.1. The van der Waals surface area contributed by atoms with E-state index in [4.69, 9.17) is 9.15 Å². The van der Waals surface area contributed by atoms with E-state index >= 15 is 0 Å². The van der Waals surface area contributed by atoms with Crippen molar-refractivity contribution in [2.24, 2.45) is 0 Å². The number of rotatable bonds is 5. The number of nitrogens with zero attached hydrogens (tertiary/aromatic N) is 3. The van der Waals surface area contributed by atoms with Gasteiger partial charge in [0.05, 0.1) is 10.4 Å². The topological polar surface area (TPSA) is 85.5 Å². The van der Waals surface area contributed by atoms with Gasteiger partial charge >= 0.3 is 5.97 Å². The summed E-state index contributed by atoms with van der Waals surface area (Å²) >= 11 is 1.49. The van der Waals surface area contributed by atoms with Gasteiger partial charge in [0.2, 0.25) is 5.91 Å². The van der Waals surface area contributed by atoms with Gasteiger partial charge in [0.1, 0.15) is 0 Å². The first-order valence-electron chi connectivity index (χ1n) is 8.60. The number of esters is 1. The Morgan fingerprint density at radius 3 is 2.74 bits per heavy atom. The van der Waals surface area contributed by atoms with E-state index in [9.17, 15) is 9.59 Å². The van der Waals surface area contributed by atoms with Gasteiger partial charge in [-0.1, -0.05) is 6.07 Å². The molecule has 1 fully saturated rings. The Labute approximate surface area is 159 Å². The Hall–Kier alpha value is -3.00. The summed E-state index contributed by atoms with van der Waals surface area (Å²) in [5.74, 6) is 0.267. The fraction of sp³-hybridized carbons (Fsp3) is 0.263. The molecule has 138 valence electrons. The predicted molar refractivity (Wildman–Crippen MR) is 99.5 cm³/mol. The lowest BCUT2D eigenvalue weighted by atomic mass is 10.2. The lowest BCUT2D eigenvalue weighted by Gasteiger charge is -2.16. The summed E-state index contributed by atoms with van der Waals surface area (Å²) in [4.78, 5) is 26.8. The van der Waals surface area contributed by atoms with Crippen molar-refractivity contribution in [3.05, 3.63) is 53.2 Å². The molecule has 7 nitrogen and oxygen atoms in total. The lowest BCUT2D eigenvalue weighted by molar-refractivity contribution is -0.117. The second-order valence-corrected chi connectivity index (χ2v) is 7.11. The molecular weight excluding hydrogens is 366 g/mol. The molecule has 0 N–H and O–H groups in total. The minimum atomic E-state index is -0.668. The molecule has 2 aromatic heterocycles. The fourth-order valence-corrected chi connectivity index (χ4v) is 3.52. The number of thiophene rings is 1. The quantitative estimate of drug-likeness (QED) is 0.622. The van der Waals surface area contributed by atoms with E-state index < -0.39 is 12.1 Å². The van der Waals surface area contributed by atoms with Gasteiger partial charge in [0.15, 0.2) is 6.10 Å². The summed E-state index contributed by atoms with van der Waals surface area (Å²) in [7, 11) is 0. The van der Waals surface area contributed by atoms with E-state index in [-0.39, 0.29) is 11.8 Å². The zero-order valence-corrected chi connectivity index (χ0v) is 15.4. The first-order chi connectivity index (χ1) is 13.1. The van der Waals surface area contributed by atoms with E-state index in [0.29, 0.717) is 24.4 Å². The van der Waals surface area contributed by atoms with Gasteiger partial charge in [-0.15, -0.1) is 21.5 Å². The van der Waals surface area contributed by atoms with Crippen LogP contribution in [0.25, 0.3) is 10.8 Å². The number of aromatic nitrogens is 2. The van der Waals surface area contributed by atoms with Crippen molar-refractivity contribution in [3.63, 3.8) is 0 Å². The minimum Gasteiger partial charge on any atom is -0.449 e. The molecule has 3 aromatic rings. The van der Waals surface area contributed by atoms with Crippen molar-refractivity contribution in [3.8, 4) is 10.8 Å². The van der Waals surface area contributed by atoms with Gasteiger partial charge in [0, 0.05) is 18.7 Å². The molecule has 3 heterocycles. The van der Waals surface area contributed by atoms with E-state index in [2.05, 4.69) is 10.2 Å². The van der Waals surface area contributed by atoms with Crippen LogP contribution in [0.5, 0.6) is 0 Å². The maximum Gasteiger partial charge on any atom is 0.338 e. The molecule has 1 aromatic carbocycles. The van der Waals surface area contributed by atoms with Crippen molar-refractivity contribution in [2.45, 2.75) is 25.9 Å². The molecule has 1 amide bonds. The van der Waals surface area contributed by atoms with E-state index in [0.717, 1.165) is 17.0 Å². The predicted octanol–water partition coefficient (Wildman–Crippen LogP) is 3.84. The fourth-order valence-electron chi connectivity index (χ4n) is 2.88. The molecule has 1 aliphatic rings. The molecule has 0 aliphatic carbocycles. The third-order valence-electron chi connectivity index (χ3n) is 4.29. The Bertz CT molecular complexity index is 950. The van der Waals surface area contributed by atoms with Crippen LogP contribution in [-0.2, 0) is 9.53 Å². The summed E-state index contributed by atoms with van der Waals surface area (Å²) in [5, 5.41) is 9.87. The van der Waals surface area contributed by atoms with Gasteiger partial charge in [-0.2, -0.15) is 0 Å².